The van der Waals surface area contributed by atoms with Gasteiger partial charge in [0.15, 0.2) is 0 Å². The molecule has 2 heteroatoms. The smallest absolute Gasteiger partial charge is 0.303 e. The molecule has 0 atom stereocenters. The first kappa shape index (κ1) is 18.7. The van der Waals surface area contributed by atoms with Gasteiger partial charge in [0, 0.05) is 6.42 Å². The van der Waals surface area contributed by atoms with E-state index in [0.29, 0.717) is 6.42 Å². The molecule has 0 aromatic heterocycles. The van der Waals surface area contributed by atoms with Crippen LogP contribution in [0, 0.1) is 0 Å². The molecule has 0 aliphatic carbocycles. The first-order valence-electron chi connectivity index (χ1n) is 7.95. The van der Waals surface area contributed by atoms with Crippen molar-refractivity contribution in [2.45, 2.75) is 71.1 Å². The minimum Gasteiger partial charge on any atom is -0.481 e. The van der Waals surface area contributed by atoms with Crippen LogP contribution in [0.2, 0.25) is 0 Å². The van der Waals surface area contributed by atoms with Gasteiger partial charge in [0.2, 0.25) is 0 Å². The maximum atomic E-state index is 10.3. The van der Waals surface area contributed by atoms with Gasteiger partial charge in [-0.15, -0.1) is 0 Å². The highest BCUT2D eigenvalue weighted by Gasteiger charge is 1.90. The van der Waals surface area contributed by atoms with Crippen molar-refractivity contribution in [3.05, 3.63) is 36.5 Å². The van der Waals surface area contributed by atoms with Crippen molar-refractivity contribution < 1.29 is 9.90 Å². The third-order valence-corrected chi connectivity index (χ3v) is 3.05. The fourth-order valence-electron chi connectivity index (χ4n) is 1.85. The molecular formula is C18H30O2. The Labute approximate surface area is 124 Å². The fourth-order valence-corrected chi connectivity index (χ4v) is 1.85. The Hall–Kier alpha value is -1.31. The van der Waals surface area contributed by atoms with Crippen LogP contribution in [0.15, 0.2) is 36.5 Å². The number of hydrogen-bond acceptors (Lipinski definition) is 1. The average molecular weight is 278 g/mol. The molecule has 0 fully saturated rings. The van der Waals surface area contributed by atoms with E-state index >= 15 is 0 Å². The Morgan fingerprint density at radius 2 is 1.40 bits per heavy atom. The third kappa shape index (κ3) is 16.7. The molecule has 0 unspecified atom stereocenters. The molecule has 0 aromatic rings. The highest BCUT2D eigenvalue weighted by atomic mass is 16.4. The van der Waals surface area contributed by atoms with Crippen LogP contribution >= 0.6 is 0 Å². The van der Waals surface area contributed by atoms with Crippen LogP contribution in [0.3, 0.4) is 0 Å². The van der Waals surface area contributed by atoms with Crippen molar-refractivity contribution in [1.82, 2.24) is 0 Å². The van der Waals surface area contributed by atoms with E-state index in [4.69, 9.17) is 5.11 Å². The largest absolute Gasteiger partial charge is 0.481 e. The molecular weight excluding hydrogens is 248 g/mol. The normalized spacial score (nSPS) is 12.1. The number of carboxylic acids is 1. The van der Waals surface area contributed by atoms with E-state index in [2.05, 4.69) is 25.2 Å². The number of unbranched alkanes of at least 4 members (excludes halogenated alkanes) is 6. The lowest BCUT2D eigenvalue weighted by atomic mass is 10.1. The van der Waals surface area contributed by atoms with Gasteiger partial charge in [-0.25, -0.2) is 0 Å². The first-order chi connectivity index (χ1) is 9.77. The lowest BCUT2D eigenvalue weighted by molar-refractivity contribution is -0.136. The lowest BCUT2D eigenvalue weighted by Gasteiger charge is -1.95. The first-order valence-corrected chi connectivity index (χ1v) is 7.95. The predicted octanol–water partition coefficient (Wildman–Crippen LogP) is 5.66. The summed E-state index contributed by atoms with van der Waals surface area (Å²) in [5, 5.41) is 8.46. The Bertz CT molecular complexity index is 301. The molecule has 2 nitrogen and oxygen atoms in total. The van der Waals surface area contributed by atoms with Crippen molar-refractivity contribution in [3.63, 3.8) is 0 Å². The zero-order chi connectivity index (χ0) is 14.9. The molecule has 0 radical (unpaired) electrons. The number of hydrogen-bond donors (Lipinski definition) is 1. The van der Waals surface area contributed by atoms with E-state index in [1.54, 1.807) is 0 Å². The molecule has 0 heterocycles. The molecule has 1 N–H and O–H groups in total. The summed E-state index contributed by atoms with van der Waals surface area (Å²) in [6.45, 7) is 2.24. The number of allylic oxidation sites excluding steroid dienone is 6. The van der Waals surface area contributed by atoms with E-state index < -0.39 is 5.97 Å². The summed E-state index contributed by atoms with van der Waals surface area (Å²) in [6.07, 6.45) is 23.4. The Balaban J connectivity index is 3.31. The van der Waals surface area contributed by atoms with E-state index in [9.17, 15) is 4.79 Å². The molecule has 0 bridgehead atoms. The number of carboxylic acid groups (broad SMARTS) is 1. The van der Waals surface area contributed by atoms with Gasteiger partial charge in [-0.3, -0.25) is 4.79 Å². The van der Waals surface area contributed by atoms with Gasteiger partial charge in [0.05, 0.1) is 0 Å². The molecule has 0 saturated carbocycles. The molecule has 0 aromatic carbocycles. The lowest BCUT2D eigenvalue weighted by Crippen LogP contribution is -1.91. The van der Waals surface area contributed by atoms with Crippen molar-refractivity contribution >= 4 is 5.97 Å². The standard InChI is InChI=1S/C18H30O2/c1-2-3-4-5-6-7-8-9-10-11-12-13-14-15-16-17-18(19)20/h8-9,12-15H,2-7,10-11,16-17H2,1H3,(H,19,20)/b9-8+,13-12+,15-14+. The summed E-state index contributed by atoms with van der Waals surface area (Å²) in [5.41, 5.74) is 0. The number of aliphatic carboxylic acids is 1. The molecule has 0 saturated heterocycles. The second-order valence-corrected chi connectivity index (χ2v) is 5.04. The predicted molar refractivity (Wildman–Crippen MR) is 86.9 cm³/mol. The number of rotatable bonds is 13. The molecule has 0 spiro atoms. The second-order valence-electron chi connectivity index (χ2n) is 5.04. The summed E-state index contributed by atoms with van der Waals surface area (Å²) in [7, 11) is 0. The van der Waals surface area contributed by atoms with Crippen LogP contribution in [0.5, 0.6) is 0 Å². The van der Waals surface area contributed by atoms with Gasteiger partial charge in [-0.05, 0) is 32.1 Å². The summed E-state index contributed by atoms with van der Waals surface area (Å²) < 4.78 is 0. The maximum absolute atomic E-state index is 10.3. The monoisotopic (exact) mass is 278 g/mol. The quantitative estimate of drug-likeness (QED) is 0.268. The Morgan fingerprint density at radius 3 is 2.10 bits per heavy atom. The van der Waals surface area contributed by atoms with Crippen LogP contribution in [0.1, 0.15) is 71.1 Å². The minimum absolute atomic E-state index is 0.214. The molecule has 0 rings (SSSR count). The van der Waals surface area contributed by atoms with Crippen molar-refractivity contribution in [3.8, 4) is 0 Å². The topological polar surface area (TPSA) is 37.3 Å². The van der Waals surface area contributed by atoms with E-state index in [1.807, 2.05) is 18.2 Å². The van der Waals surface area contributed by atoms with Crippen molar-refractivity contribution in [2.75, 3.05) is 0 Å². The van der Waals surface area contributed by atoms with Gasteiger partial charge in [0.1, 0.15) is 0 Å². The molecule has 20 heavy (non-hydrogen) atoms. The molecule has 0 amide bonds. The maximum Gasteiger partial charge on any atom is 0.303 e. The van der Waals surface area contributed by atoms with Crippen LogP contribution in [0.25, 0.3) is 0 Å². The summed E-state index contributed by atoms with van der Waals surface area (Å²) >= 11 is 0. The zero-order valence-corrected chi connectivity index (χ0v) is 12.9. The molecule has 0 aliphatic rings. The third-order valence-electron chi connectivity index (χ3n) is 3.05. The SMILES string of the molecule is CCCCCCC/C=C/CC/C=C/C=C/CCC(=O)O. The van der Waals surface area contributed by atoms with Gasteiger partial charge in [0.25, 0.3) is 0 Å². The van der Waals surface area contributed by atoms with E-state index in [-0.39, 0.29) is 6.42 Å². The average Bonchev–Trinajstić information content (AvgIpc) is 2.43. The highest BCUT2D eigenvalue weighted by molar-refractivity contribution is 5.66. The van der Waals surface area contributed by atoms with Crippen molar-refractivity contribution in [1.29, 1.82) is 0 Å². The van der Waals surface area contributed by atoms with Crippen LogP contribution in [-0.4, -0.2) is 11.1 Å². The van der Waals surface area contributed by atoms with Crippen LogP contribution in [-0.2, 0) is 4.79 Å². The van der Waals surface area contributed by atoms with Gasteiger partial charge >= 0.3 is 5.97 Å². The second kappa shape index (κ2) is 15.7. The zero-order valence-electron chi connectivity index (χ0n) is 12.9. The molecule has 114 valence electrons. The fraction of sp³-hybridized carbons (Fsp3) is 0.611. The van der Waals surface area contributed by atoms with Gasteiger partial charge in [-0.1, -0.05) is 69.1 Å². The Morgan fingerprint density at radius 1 is 0.800 bits per heavy atom. The molecule has 0 aliphatic heterocycles. The Kier molecular flexibility index (Phi) is 14.7. The minimum atomic E-state index is -0.738. The van der Waals surface area contributed by atoms with E-state index in [1.165, 1.54) is 38.5 Å². The van der Waals surface area contributed by atoms with Gasteiger partial charge < -0.3 is 5.11 Å². The highest BCUT2D eigenvalue weighted by Crippen LogP contribution is 2.06. The van der Waals surface area contributed by atoms with Gasteiger partial charge in [-0.2, -0.15) is 0 Å². The van der Waals surface area contributed by atoms with Crippen LogP contribution < -0.4 is 0 Å². The summed E-state index contributed by atoms with van der Waals surface area (Å²) in [5.74, 6) is -0.738. The van der Waals surface area contributed by atoms with E-state index in [0.717, 1.165) is 12.8 Å². The van der Waals surface area contributed by atoms with Crippen LogP contribution in [0.4, 0.5) is 0 Å². The summed E-state index contributed by atoms with van der Waals surface area (Å²) in [4.78, 5) is 10.3. The summed E-state index contributed by atoms with van der Waals surface area (Å²) in [6, 6.07) is 0. The number of carbonyl (C=O) groups is 1. The van der Waals surface area contributed by atoms with Crippen molar-refractivity contribution in [2.24, 2.45) is 0 Å².